The van der Waals surface area contributed by atoms with E-state index in [-0.39, 0.29) is 43.3 Å². The Bertz CT molecular complexity index is 1470. The molecule has 1 aliphatic heterocycles. The zero-order valence-corrected chi connectivity index (χ0v) is 23.1. The van der Waals surface area contributed by atoms with Crippen molar-refractivity contribution in [2.45, 2.75) is 57.4 Å². The molecule has 1 amide bonds. The van der Waals surface area contributed by atoms with Crippen LogP contribution >= 0.6 is 0 Å². The van der Waals surface area contributed by atoms with Gasteiger partial charge in [0.05, 0.1) is 36.6 Å². The molecule has 1 aliphatic carbocycles. The van der Waals surface area contributed by atoms with E-state index in [1.807, 2.05) is 42.8 Å². The SMILES string of the molecule is CC(C)c1nn(C2CCC(F)(F)CC2)c2nc(C(=O)NS(C)(=O)=O)cc(-c3ccc(N4CCOCC4)cc3)c12. The average molecular weight is 562 g/mol. The summed E-state index contributed by atoms with van der Waals surface area (Å²) >= 11 is 0. The standard InChI is InChI=1S/C27H33F2N5O4S/c1-17(2)24-23-21(18-4-6-19(7-5-18)33-12-14-38-15-13-33)16-22(26(35)32-39(3,36)37)30-25(23)34(31-24)20-8-10-27(28,29)11-9-20/h4-7,16-17,20H,8-15H2,1-3H3,(H,32,35). The molecule has 0 spiro atoms. The molecular formula is C27H33F2N5O4S. The van der Waals surface area contributed by atoms with Crippen molar-refractivity contribution >= 4 is 32.7 Å². The molecule has 0 bridgehead atoms. The van der Waals surface area contributed by atoms with Crippen LogP contribution in [0, 0.1) is 0 Å². The maximum absolute atomic E-state index is 14.0. The normalized spacial score (nSPS) is 18.6. The summed E-state index contributed by atoms with van der Waals surface area (Å²) in [6, 6.07) is 9.20. The zero-order chi connectivity index (χ0) is 27.9. The lowest BCUT2D eigenvalue weighted by atomic mass is 9.92. The summed E-state index contributed by atoms with van der Waals surface area (Å²) < 4.78 is 60.7. The summed E-state index contributed by atoms with van der Waals surface area (Å²) in [5.41, 5.74) is 3.59. The molecule has 210 valence electrons. The van der Waals surface area contributed by atoms with E-state index in [9.17, 15) is 22.0 Å². The second-order valence-electron chi connectivity index (χ2n) is 10.7. The van der Waals surface area contributed by atoms with Gasteiger partial charge in [-0.3, -0.25) is 4.79 Å². The molecule has 1 N–H and O–H groups in total. The van der Waals surface area contributed by atoms with Crippen LogP contribution in [0.15, 0.2) is 30.3 Å². The Morgan fingerprint density at radius 1 is 1.13 bits per heavy atom. The van der Waals surface area contributed by atoms with Crippen molar-refractivity contribution in [2.24, 2.45) is 0 Å². The van der Waals surface area contributed by atoms with Crippen molar-refractivity contribution in [3.05, 3.63) is 41.7 Å². The smallest absolute Gasteiger partial charge is 0.283 e. The van der Waals surface area contributed by atoms with Gasteiger partial charge >= 0.3 is 0 Å². The number of benzene rings is 1. The molecule has 2 aliphatic rings. The van der Waals surface area contributed by atoms with E-state index in [0.29, 0.717) is 24.4 Å². The lowest BCUT2D eigenvalue weighted by molar-refractivity contribution is -0.0446. The Morgan fingerprint density at radius 2 is 1.77 bits per heavy atom. The molecule has 0 unspecified atom stereocenters. The van der Waals surface area contributed by atoms with E-state index >= 15 is 0 Å². The summed E-state index contributed by atoms with van der Waals surface area (Å²) in [4.78, 5) is 19.8. The van der Waals surface area contributed by atoms with Gasteiger partial charge < -0.3 is 9.64 Å². The molecule has 12 heteroatoms. The highest BCUT2D eigenvalue weighted by Crippen LogP contribution is 2.42. The second-order valence-corrected chi connectivity index (χ2v) is 12.4. The molecule has 2 aromatic heterocycles. The Hall–Kier alpha value is -3.12. The number of alkyl halides is 2. The number of aromatic nitrogens is 3. The van der Waals surface area contributed by atoms with Gasteiger partial charge in [-0.15, -0.1) is 0 Å². The first-order chi connectivity index (χ1) is 18.4. The topological polar surface area (TPSA) is 106 Å². The number of nitrogens with one attached hydrogen (secondary N) is 1. The first-order valence-electron chi connectivity index (χ1n) is 13.2. The van der Waals surface area contributed by atoms with Gasteiger partial charge in [-0.2, -0.15) is 5.10 Å². The monoisotopic (exact) mass is 561 g/mol. The molecule has 2 fully saturated rings. The molecule has 0 atom stereocenters. The van der Waals surface area contributed by atoms with Gasteiger partial charge in [-0.25, -0.2) is 31.6 Å². The predicted octanol–water partition coefficient (Wildman–Crippen LogP) is 4.50. The number of ether oxygens (including phenoxy) is 1. The molecule has 3 aromatic rings. The van der Waals surface area contributed by atoms with E-state index in [4.69, 9.17) is 9.84 Å². The van der Waals surface area contributed by atoms with Crippen LogP contribution in [-0.4, -0.2) is 67.6 Å². The van der Waals surface area contributed by atoms with Crippen LogP contribution < -0.4 is 9.62 Å². The second kappa shape index (κ2) is 10.5. The van der Waals surface area contributed by atoms with Crippen molar-refractivity contribution in [1.82, 2.24) is 19.5 Å². The summed E-state index contributed by atoms with van der Waals surface area (Å²) in [6.07, 6.45) is 0.858. The molecule has 1 saturated carbocycles. The molecule has 1 saturated heterocycles. The molecule has 3 heterocycles. The predicted molar refractivity (Wildman–Crippen MR) is 145 cm³/mol. The Labute approximate surface area is 226 Å². The lowest BCUT2D eigenvalue weighted by Gasteiger charge is -2.29. The molecule has 39 heavy (non-hydrogen) atoms. The number of fused-ring (bicyclic) bond motifs is 1. The number of rotatable bonds is 6. The number of anilines is 1. The Morgan fingerprint density at radius 3 is 2.36 bits per heavy atom. The van der Waals surface area contributed by atoms with Gasteiger partial charge in [0.2, 0.25) is 15.9 Å². The number of pyridine rings is 1. The van der Waals surface area contributed by atoms with E-state index in [0.717, 1.165) is 41.7 Å². The number of nitrogens with zero attached hydrogens (tertiary/aromatic N) is 4. The van der Waals surface area contributed by atoms with Gasteiger partial charge in [-0.1, -0.05) is 26.0 Å². The number of morpholine rings is 1. The van der Waals surface area contributed by atoms with Crippen molar-refractivity contribution < 1.29 is 26.7 Å². The van der Waals surface area contributed by atoms with E-state index in [2.05, 4.69) is 9.88 Å². The highest BCUT2D eigenvalue weighted by molar-refractivity contribution is 7.89. The van der Waals surface area contributed by atoms with E-state index in [1.165, 1.54) is 0 Å². The third-order valence-electron chi connectivity index (χ3n) is 7.33. The van der Waals surface area contributed by atoms with Crippen LogP contribution in [-0.2, 0) is 14.8 Å². The van der Waals surface area contributed by atoms with Crippen molar-refractivity contribution in [3.63, 3.8) is 0 Å². The van der Waals surface area contributed by atoms with Crippen molar-refractivity contribution in [2.75, 3.05) is 37.5 Å². The maximum atomic E-state index is 14.0. The van der Waals surface area contributed by atoms with E-state index in [1.54, 1.807) is 10.7 Å². The van der Waals surface area contributed by atoms with Gasteiger partial charge in [0.25, 0.3) is 5.91 Å². The van der Waals surface area contributed by atoms with Crippen molar-refractivity contribution in [1.29, 1.82) is 0 Å². The zero-order valence-electron chi connectivity index (χ0n) is 22.3. The number of hydrogen-bond acceptors (Lipinski definition) is 7. The van der Waals surface area contributed by atoms with Crippen LogP contribution in [0.3, 0.4) is 0 Å². The third-order valence-corrected chi connectivity index (χ3v) is 7.89. The van der Waals surface area contributed by atoms with Crippen LogP contribution in [0.1, 0.15) is 67.7 Å². The third kappa shape index (κ3) is 5.91. The van der Waals surface area contributed by atoms with Crippen molar-refractivity contribution in [3.8, 4) is 11.1 Å². The van der Waals surface area contributed by atoms with Crippen LogP contribution in [0.25, 0.3) is 22.2 Å². The largest absolute Gasteiger partial charge is 0.378 e. The molecule has 0 radical (unpaired) electrons. The van der Waals surface area contributed by atoms with Gasteiger partial charge in [0.15, 0.2) is 5.65 Å². The summed E-state index contributed by atoms with van der Waals surface area (Å²) in [7, 11) is -3.83. The van der Waals surface area contributed by atoms with Gasteiger partial charge in [0.1, 0.15) is 5.69 Å². The number of amides is 1. The fourth-order valence-electron chi connectivity index (χ4n) is 5.33. The number of halogens is 2. The highest BCUT2D eigenvalue weighted by atomic mass is 32.2. The minimum atomic E-state index is -3.83. The Balaban J connectivity index is 1.66. The number of sulfonamides is 1. The highest BCUT2D eigenvalue weighted by Gasteiger charge is 2.37. The molecular weight excluding hydrogens is 528 g/mol. The summed E-state index contributed by atoms with van der Waals surface area (Å²) in [5, 5.41) is 5.58. The fraction of sp³-hybridized carbons (Fsp3) is 0.519. The Kier molecular flexibility index (Phi) is 7.36. The van der Waals surface area contributed by atoms with Gasteiger partial charge in [0, 0.05) is 31.6 Å². The van der Waals surface area contributed by atoms with Gasteiger partial charge in [-0.05, 0) is 48.1 Å². The average Bonchev–Trinajstić information content (AvgIpc) is 3.28. The number of carbonyl (C=O) groups excluding carboxylic acids is 1. The fourth-order valence-corrected chi connectivity index (χ4v) is 5.77. The molecule has 1 aromatic carbocycles. The summed E-state index contributed by atoms with van der Waals surface area (Å²) in [5.74, 6) is -3.58. The lowest BCUT2D eigenvalue weighted by Crippen LogP contribution is -2.36. The summed E-state index contributed by atoms with van der Waals surface area (Å²) in [6.45, 7) is 6.90. The molecule has 9 nitrogen and oxygen atoms in total. The first-order valence-corrected chi connectivity index (χ1v) is 15.1. The quantitative estimate of drug-likeness (QED) is 0.472. The molecule has 5 rings (SSSR count). The first kappa shape index (κ1) is 27.4. The minimum Gasteiger partial charge on any atom is -0.378 e. The van der Waals surface area contributed by atoms with Crippen LogP contribution in [0.5, 0.6) is 0 Å². The van der Waals surface area contributed by atoms with E-state index < -0.39 is 21.9 Å². The number of carbonyl (C=O) groups is 1. The minimum absolute atomic E-state index is 0.0114. The van der Waals surface area contributed by atoms with Crippen LogP contribution in [0.4, 0.5) is 14.5 Å². The van der Waals surface area contributed by atoms with Crippen LogP contribution in [0.2, 0.25) is 0 Å². The number of hydrogen-bond donors (Lipinski definition) is 1. The maximum Gasteiger partial charge on any atom is 0.283 e.